The molecule has 0 spiro atoms. The Labute approximate surface area is 84.2 Å². The zero-order valence-corrected chi connectivity index (χ0v) is 7.62. The minimum Gasteiger partial charge on any atom is -0.259 e. The van der Waals surface area contributed by atoms with Gasteiger partial charge in [-0.25, -0.2) is 4.99 Å². The van der Waals surface area contributed by atoms with E-state index < -0.39 is 11.9 Å². The van der Waals surface area contributed by atoms with Crippen LogP contribution in [0.2, 0.25) is 0 Å². The number of halogens is 3. The lowest BCUT2D eigenvalue weighted by Crippen LogP contribution is -2.22. The van der Waals surface area contributed by atoms with Gasteiger partial charge in [0.25, 0.3) is 0 Å². The molecule has 1 aromatic rings. The number of benzene rings is 1. The fraction of sp³-hybridized carbons (Fsp3) is 0.200. The van der Waals surface area contributed by atoms with E-state index in [0.29, 0.717) is 5.69 Å². The number of hydrogen-bond acceptors (Lipinski definition) is 2. The zero-order valence-electron chi connectivity index (χ0n) is 7.62. The van der Waals surface area contributed by atoms with Crippen molar-refractivity contribution < 1.29 is 13.2 Å². The maximum absolute atomic E-state index is 12.4. The Bertz CT molecular complexity index is 433. The largest absolute Gasteiger partial charge is 0.429 e. The molecule has 0 saturated heterocycles. The van der Waals surface area contributed by atoms with Crippen LogP contribution >= 0.6 is 0 Å². The van der Waals surface area contributed by atoms with E-state index in [1.807, 2.05) is 0 Å². The smallest absolute Gasteiger partial charge is 0.259 e. The summed E-state index contributed by atoms with van der Waals surface area (Å²) < 4.78 is 37.3. The van der Waals surface area contributed by atoms with Gasteiger partial charge in [-0.15, -0.1) is 0 Å². The molecule has 0 radical (unpaired) electrons. The van der Waals surface area contributed by atoms with Crippen molar-refractivity contribution in [1.29, 1.82) is 0 Å². The van der Waals surface area contributed by atoms with Crippen LogP contribution in [-0.2, 0) is 0 Å². The van der Waals surface area contributed by atoms with Gasteiger partial charge in [0.1, 0.15) is 5.71 Å². The lowest BCUT2D eigenvalue weighted by molar-refractivity contribution is -0.0596. The van der Waals surface area contributed by atoms with Crippen LogP contribution < -0.4 is 0 Å². The number of fused-ring (bicyclic) bond motifs is 1. The Morgan fingerprint density at radius 3 is 2.40 bits per heavy atom. The molecule has 1 heterocycles. The Balaban J connectivity index is 2.50. The topological polar surface area (TPSA) is 24.7 Å². The van der Waals surface area contributed by atoms with Crippen LogP contribution in [0.1, 0.15) is 6.42 Å². The number of nitrogens with zero attached hydrogens (tertiary/aromatic N) is 2. The maximum Gasteiger partial charge on any atom is 0.429 e. The maximum atomic E-state index is 12.4. The first-order valence-corrected chi connectivity index (χ1v) is 4.34. The summed E-state index contributed by atoms with van der Waals surface area (Å²) >= 11 is 0. The van der Waals surface area contributed by atoms with Gasteiger partial charge in [0.05, 0.1) is 11.4 Å². The number of para-hydroxylation sites is 2. The third-order valence-electron chi connectivity index (χ3n) is 1.98. The van der Waals surface area contributed by atoms with Crippen molar-refractivity contribution in [3.63, 3.8) is 0 Å². The van der Waals surface area contributed by atoms with Crippen LogP contribution in [0.4, 0.5) is 24.5 Å². The molecule has 1 aliphatic rings. The van der Waals surface area contributed by atoms with Crippen LogP contribution in [0.5, 0.6) is 0 Å². The first kappa shape index (κ1) is 9.89. The van der Waals surface area contributed by atoms with E-state index in [-0.39, 0.29) is 12.1 Å². The molecule has 0 aliphatic carbocycles. The zero-order chi connectivity index (χ0) is 10.9. The number of rotatable bonds is 0. The minimum atomic E-state index is -4.39. The fourth-order valence-corrected chi connectivity index (χ4v) is 1.27. The summed E-state index contributed by atoms with van der Waals surface area (Å²) in [5, 5.41) is 0. The van der Waals surface area contributed by atoms with E-state index >= 15 is 0 Å². The van der Waals surface area contributed by atoms with Crippen molar-refractivity contribution in [2.45, 2.75) is 12.6 Å². The van der Waals surface area contributed by atoms with Crippen molar-refractivity contribution in [2.75, 3.05) is 0 Å². The average Bonchev–Trinajstić information content (AvgIpc) is 2.38. The molecule has 0 fully saturated rings. The molecular weight excluding hydrogens is 205 g/mol. The molecule has 0 amide bonds. The van der Waals surface area contributed by atoms with Crippen molar-refractivity contribution in [3.8, 4) is 0 Å². The molecule has 5 heteroatoms. The lowest BCUT2D eigenvalue weighted by Gasteiger charge is -2.06. The van der Waals surface area contributed by atoms with E-state index in [4.69, 9.17) is 0 Å². The van der Waals surface area contributed by atoms with Crippen molar-refractivity contribution >= 4 is 23.3 Å². The highest BCUT2D eigenvalue weighted by Gasteiger charge is 2.35. The standard InChI is InChI=1S/C10H7F3N2/c11-10(12,13)9-5-6-14-7-3-1-2-4-8(7)15-9/h1-4,6H,5H2. The second kappa shape index (κ2) is 3.49. The van der Waals surface area contributed by atoms with E-state index in [0.717, 1.165) is 0 Å². The van der Waals surface area contributed by atoms with Gasteiger partial charge in [-0.3, -0.25) is 4.99 Å². The first-order valence-electron chi connectivity index (χ1n) is 4.34. The molecule has 1 aromatic carbocycles. The lowest BCUT2D eigenvalue weighted by atomic mass is 10.2. The summed E-state index contributed by atoms with van der Waals surface area (Å²) in [5.74, 6) is 0. The second-order valence-corrected chi connectivity index (χ2v) is 3.06. The van der Waals surface area contributed by atoms with Gasteiger partial charge in [-0.1, -0.05) is 12.1 Å². The molecule has 0 unspecified atom stereocenters. The van der Waals surface area contributed by atoms with Crippen LogP contribution in [0.3, 0.4) is 0 Å². The summed E-state index contributed by atoms with van der Waals surface area (Å²) in [5.41, 5.74) is -0.0773. The Kier molecular flexibility index (Phi) is 2.30. The Morgan fingerprint density at radius 1 is 1.07 bits per heavy atom. The van der Waals surface area contributed by atoms with Gasteiger partial charge in [0.15, 0.2) is 0 Å². The van der Waals surface area contributed by atoms with Crippen LogP contribution in [0, 0.1) is 0 Å². The van der Waals surface area contributed by atoms with Gasteiger partial charge < -0.3 is 0 Å². The van der Waals surface area contributed by atoms with Gasteiger partial charge in [0.2, 0.25) is 0 Å². The van der Waals surface area contributed by atoms with Crippen molar-refractivity contribution in [1.82, 2.24) is 0 Å². The fourth-order valence-electron chi connectivity index (χ4n) is 1.27. The number of aliphatic imine (C=N–C) groups is 2. The summed E-state index contributed by atoms with van der Waals surface area (Å²) in [6.45, 7) is 0. The monoisotopic (exact) mass is 212 g/mol. The van der Waals surface area contributed by atoms with E-state index in [2.05, 4.69) is 9.98 Å². The minimum absolute atomic E-state index is 0.263. The summed E-state index contributed by atoms with van der Waals surface area (Å²) in [6.07, 6.45) is -3.43. The first-order chi connectivity index (χ1) is 7.07. The SMILES string of the molecule is FC(F)(F)C1=Nc2ccccc2N=CC1. The molecule has 0 bridgehead atoms. The summed E-state index contributed by atoms with van der Waals surface area (Å²) in [7, 11) is 0. The van der Waals surface area contributed by atoms with Crippen molar-refractivity contribution in [2.24, 2.45) is 9.98 Å². The van der Waals surface area contributed by atoms with Gasteiger partial charge in [-0.05, 0) is 12.1 Å². The number of alkyl halides is 3. The quantitative estimate of drug-likeness (QED) is 0.629. The summed E-state index contributed by atoms with van der Waals surface area (Å²) in [6, 6.07) is 6.50. The van der Waals surface area contributed by atoms with Gasteiger partial charge in [-0.2, -0.15) is 13.2 Å². The van der Waals surface area contributed by atoms with Crippen LogP contribution in [0.15, 0.2) is 34.3 Å². The third kappa shape index (κ3) is 2.06. The molecule has 0 aromatic heterocycles. The molecule has 0 atom stereocenters. The highest BCUT2D eigenvalue weighted by atomic mass is 19.4. The second-order valence-electron chi connectivity index (χ2n) is 3.06. The van der Waals surface area contributed by atoms with Gasteiger partial charge >= 0.3 is 6.18 Å². The highest BCUT2D eigenvalue weighted by molar-refractivity contribution is 6.03. The molecule has 78 valence electrons. The molecule has 2 nitrogen and oxygen atoms in total. The predicted molar refractivity (Wildman–Crippen MR) is 52.4 cm³/mol. The van der Waals surface area contributed by atoms with Gasteiger partial charge in [0, 0.05) is 12.6 Å². The average molecular weight is 212 g/mol. The highest BCUT2D eigenvalue weighted by Crippen LogP contribution is 2.32. The van der Waals surface area contributed by atoms with Crippen LogP contribution in [-0.4, -0.2) is 18.1 Å². The molecular formula is C10H7F3N2. The summed E-state index contributed by atoms with van der Waals surface area (Å²) in [4.78, 5) is 7.49. The normalized spacial score (nSPS) is 15.5. The van der Waals surface area contributed by atoms with Crippen molar-refractivity contribution in [3.05, 3.63) is 24.3 Å². The Hall–Kier alpha value is -1.65. The number of hydrogen-bond donors (Lipinski definition) is 0. The van der Waals surface area contributed by atoms with E-state index in [1.165, 1.54) is 12.3 Å². The van der Waals surface area contributed by atoms with Crippen LogP contribution in [0.25, 0.3) is 0 Å². The van der Waals surface area contributed by atoms with E-state index in [9.17, 15) is 13.2 Å². The molecule has 1 aliphatic heterocycles. The molecule has 0 saturated carbocycles. The van der Waals surface area contributed by atoms with E-state index in [1.54, 1.807) is 18.2 Å². The molecule has 15 heavy (non-hydrogen) atoms. The third-order valence-corrected chi connectivity index (χ3v) is 1.98. The predicted octanol–water partition coefficient (Wildman–Crippen LogP) is 3.43. The molecule has 0 N–H and O–H groups in total. The Morgan fingerprint density at radius 2 is 1.73 bits per heavy atom. The molecule has 2 rings (SSSR count).